The van der Waals surface area contributed by atoms with Crippen LogP contribution >= 0.6 is 0 Å². The highest BCUT2D eigenvalue weighted by Gasteiger charge is 2.39. The second-order valence-corrected chi connectivity index (χ2v) is 4.40. The minimum atomic E-state index is 0.111. The van der Waals surface area contributed by atoms with Gasteiger partial charge in [-0.2, -0.15) is 0 Å². The molecule has 0 aliphatic heterocycles. The number of hydrogen-bond acceptors (Lipinski definition) is 3. The van der Waals surface area contributed by atoms with Crippen LogP contribution in [-0.2, 0) is 5.41 Å². The average molecular weight is 221 g/mol. The Hall–Kier alpha value is -1.22. The summed E-state index contributed by atoms with van der Waals surface area (Å²) in [4.78, 5) is 0. The number of rotatable bonds is 4. The smallest absolute Gasteiger partial charge is 0.122 e. The van der Waals surface area contributed by atoms with Gasteiger partial charge < -0.3 is 15.2 Å². The predicted octanol–water partition coefficient (Wildman–Crippen LogP) is 2.08. The lowest BCUT2D eigenvalue weighted by atomic mass is 9.64. The van der Waals surface area contributed by atoms with Gasteiger partial charge in [-0.25, -0.2) is 0 Å². The molecule has 0 saturated heterocycles. The number of ether oxygens (including phenoxy) is 2. The molecule has 0 radical (unpaired) electrons. The van der Waals surface area contributed by atoms with Crippen LogP contribution < -0.4 is 15.2 Å². The third-order valence-electron chi connectivity index (χ3n) is 3.68. The van der Waals surface area contributed by atoms with E-state index in [1.165, 1.54) is 12.0 Å². The first kappa shape index (κ1) is 11.3. The van der Waals surface area contributed by atoms with Crippen LogP contribution in [0.3, 0.4) is 0 Å². The van der Waals surface area contributed by atoms with Crippen molar-refractivity contribution in [1.29, 1.82) is 0 Å². The van der Waals surface area contributed by atoms with Crippen molar-refractivity contribution in [2.75, 3.05) is 20.8 Å². The van der Waals surface area contributed by atoms with Crippen molar-refractivity contribution < 1.29 is 9.47 Å². The molecule has 0 spiro atoms. The summed E-state index contributed by atoms with van der Waals surface area (Å²) in [5.74, 6) is 1.79. The first-order valence-corrected chi connectivity index (χ1v) is 5.68. The molecule has 1 aliphatic carbocycles. The molecule has 0 atom stereocenters. The first-order valence-electron chi connectivity index (χ1n) is 5.68. The van der Waals surface area contributed by atoms with E-state index in [0.717, 1.165) is 24.3 Å². The zero-order valence-electron chi connectivity index (χ0n) is 9.95. The van der Waals surface area contributed by atoms with E-state index in [0.29, 0.717) is 6.54 Å². The highest BCUT2D eigenvalue weighted by atomic mass is 16.5. The van der Waals surface area contributed by atoms with Gasteiger partial charge in [0.1, 0.15) is 11.5 Å². The molecule has 2 N–H and O–H groups in total. The molecule has 0 aromatic heterocycles. The maximum Gasteiger partial charge on any atom is 0.122 e. The quantitative estimate of drug-likeness (QED) is 0.846. The molecule has 16 heavy (non-hydrogen) atoms. The van der Waals surface area contributed by atoms with Crippen molar-refractivity contribution in [2.24, 2.45) is 5.73 Å². The maximum absolute atomic E-state index is 5.92. The number of hydrogen-bond donors (Lipinski definition) is 1. The fourth-order valence-electron chi connectivity index (χ4n) is 2.42. The molecule has 0 bridgehead atoms. The van der Waals surface area contributed by atoms with Crippen LogP contribution in [0.1, 0.15) is 24.8 Å². The van der Waals surface area contributed by atoms with Gasteiger partial charge in [-0.05, 0) is 31.0 Å². The Kier molecular flexibility index (Phi) is 3.06. The highest BCUT2D eigenvalue weighted by Crippen LogP contribution is 2.47. The Balaban J connectivity index is 2.43. The van der Waals surface area contributed by atoms with Gasteiger partial charge in [-0.15, -0.1) is 0 Å². The lowest BCUT2D eigenvalue weighted by molar-refractivity contribution is 0.242. The monoisotopic (exact) mass is 221 g/mol. The van der Waals surface area contributed by atoms with Crippen LogP contribution in [0.5, 0.6) is 11.5 Å². The normalized spacial score (nSPS) is 17.7. The summed E-state index contributed by atoms with van der Waals surface area (Å²) in [6, 6.07) is 5.94. The van der Waals surface area contributed by atoms with Crippen molar-refractivity contribution in [2.45, 2.75) is 24.7 Å². The van der Waals surface area contributed by atoms with Crippen LogP contribution in [0.2, 0.25) is 0 Å². The molecule has 1 aliphatic rings. The summed E-state index contributed by atoms with van der Waals surface area (Å²) in [6.07, 6.45) is 3.54. The molecule has 1 fully saturated rings. The van der Waals surface area contributed by atoms with Crippen LogP contribution in [0.15, 0.2) is 18.2 Å². The molecular weight excluding hydrogens is 202 g/mol. The van der Waals surface area contributed by atoms with Gasteiger partial charge in [-0.1, -0.05) is 6.42 Å². The van der Waals surface area contributed by atoms with E-state index in [9.17, 15) is 0 Å². The number of nitrogens with two attached hydrogens (primary N) is 1. The van der Waals surface area contributed by atoms with Crippen molar-refractivity contribution >= 4 is 0 Å². The molecule has 1 aromatic carbocycles. The van der Waals surface area contributed by atoms with E-state index in [2.05, 4.69) is 6.07 Å². The summed E-state index contributed by atoms with van der Waals surface area (Å²) >= 11 is 0. The first-order chi connectivity index (χ1) is 7.75. The number of methoxy groups -OCH3 is 2. The Bertz CT molecular complexity index is 367. The highest BCUT2D eigenvalue weighted by molar-refractivity contribution is 5.46. The zero-order chi connectivity index (χ0) is 11.6. The second kappa shape index (κ2) is 4.34. The molecule has 3 nitrogen and oxygen atoms in total. The summed E-state index contributed by atoms with van der Waals surface area (Å²) in [7, 11) is 3.38. The molecule has 2 rings (SSSR count). The van der Waals surface area contributed by atoms with Crippen molar-refractivity contribution in [1.82, 2.24) is 0 Å². The molecular formula is C13H19NO2. The molecule has 3 heteroatoms. The minimum absolute atomic E-state index is 0.111. The largest absolute Gasteiger partial charge is 0.497 e. The number of benzene rings is 1. The lowest BCUT2D eigenvalue weighted by Crippen LogP contribution is -2.41. The summed E-state index contributed by atoms with van der Waals surface area (Å²) in [5, 5.41) is 0. The van der Waals surface area contributed by atoms with E-state index >= 15 is 0 Å². The molecule has 0 amide bonds. The standard InChI is InChI=1S/C13H19NO2/c1-15-10-4-5-12(16-2)11(8-10)13(9-14)6-3-7-13/h4-5,8H,3,6-7,9,14H2,1-2H3. The van der Waals surface area contributed by atoms with Gasteiger partial charge in [0.25, 0.3) is 0 Å². The van der Waals surface area contributed by atoms with Crippen LogP contribution in [0, 0.1) is 0 Å². The van der Waals surface area contributed by atoms with Gasteiger partial charge in [0, 0.05) is 17.5 Å². The Morgan fingerprint density at radius 3 is 2.44 bits per heavy atom. The van der Waals surface area contributed by atoms with E-state index in [1.54, 1.807) is 14.2 Å². The molecule has 88 valence electrons. The van der Waals surface area contributed by atoms with Crippen LogP contribution in [-0.4, -0.2) is 20.8 Å². The summed E-state index contributed by atoms with van der Waals surface area (Å²) in [5.41, 5.74) is 7.23. The van der Waals surface area contributed by atoms with Crippen LogP contribution in [0.25, 0.3) is 0 Å². The van der Waals surface area contributed by atoms with Gasteiger partial charge in [-0.3, -0.25) is 0 Å². The lowest BCUT2D eigenvalue weighted by Gasteiger charge is -2.42. The van der Waals surface area contributed by atoms with E-state index in [-0.39, 0.29) is 5.41 Å². The molecule has 1 aromatic rings. The topological polar surface area (TPSA) is 44.5 Å². The third-order valence-corrected chi connectivity index (χ3v) is 3.68. The average Bonchev–Trinajstić information content (AvgIpc) is 2.28. The Morgan fingerprint density at radius 2 is 2.00 bits per heavy atom. The maximum atomic E-state index is 5.92. The summed E-state index contributed by atoms with van der Waals surface area (Å²) < 4.78 is 10.7. The van der Waals surface area contributed by atoms with Crippen molar-refractivity contribution in [3.8, 4) is 11.5 Å². The van der Waals surface area contributed by atoms with E-state index in [4.69, 9.17) is 15.2 Å². The van der Waals surface area contributed by atoms with Gasteiger partial charge >= 0.3 is 0 Å². The minimum Gasteiger partial charge on any atom is -0.497 e. The van der Waals surface area contributed by atoms with Gasteiger partial charge in [0.15, 0.2) is 0 Å². The van der Waals surface area contributed by atoms with E-state index < -0.39 is 0 Å². The zero-order valence-corrected chi connectivity index (χ0v) is 9.95. The SMILES string of the molecule is COc1ccc(OC)c(C2(CN)CCC2)c1. The Morgan fingerprint density at radius 1 is 1.25 bits per heavy atom. The molecule has 1 saturated carbocycles. The van der Waals surface area contributed by atoms with E-state index in [1.807, 2.05) is 12.1 Å². The molecule has 0 heterocycles. The third kappa shape index (κ3) is 1.65. The fourth-order valence-corrected chi connectivity index (χ4v) is 2.42. The van der Waals surface area contributed by atoms with Crippen molar-refractivity contribution in [3.05, 3.63) is 23.8 Å². The van der Waals surface area contributed by atoms with Crippen molar-refractivity contribution in [3.63, 3.8) is 0 Å². The van der Waals surface area contributed by atoms with Crippen LogP contribution in [0.4, 0.5) is 0 Å². The van der Waals surface area contributed by atoms with Gasteiger partial charge in [0.2, 0.25) is 0 Å². The van der Waals surface area contributed by atoms with Gasteiger partial charge in [0.05, 0.1) is 14.2 Å². The Labute approximate surface area is 96.5 Å². The molecule has 0 unspecified atom stereocenters. The predicted molar refractivity (Wildman–Crippen MR) is 64.1 cm³/mol. The fraction of sp³-hybridized carbons (Fsp3) is 0.538. The summed E-state index contributed by atoms with van der Waals surface area (Å²) in [6.45, 7) is 0.677. The second-order valence-electron chi connectivity index (χ2n) is 4.40.